The Balaban J connectivity index is 1.79. The lowest BCUT2D eigenvalue weighted by atomic mass is 9.84. The smallest absolute Gasteiger partial charge is 0.251 e. The zero-order valence-electron chi connectivity index (χ0n) is 19.0. The van der Waals surface area contributed by atoms with E-state index >= 15 is 0 Å². The van der Waals surface area contributed by atoms with Gasteiger partial charge in [-0.15, -0.1) is 0 Å². The van der Waals surface area contributed by atoms with Gasteiger partial charge in [-0.1, -0.05) is 37.0 Å². The molecule has 0 saturated carbocycles. The highest BCUT2D eigenvalue weighted by Gasteiger charge is 2.38. The van der Waals surface area contributed by atoms with Gasteiger partial charge in [0.25, 0.3) is 5.91 Å². The third-order valence-electron chi connectivity index (χ3n) is 5.99. The molecule has 33 heavy (non-hydrogen) atoms. The Labute approximate surface area is 203 Å². The number of carbonyl (C=O) groups excluding carboxylic acids is 2. The van der Waals surface area contributed by atoms with Crippen LogP contribution in [0.1, 0.15) is 61.6 Å². The molecule has 0 spiro atoms. The van der Waals surface area contributed by atoms with Crippen LogP contribution < -0.4 is 11.1 Å². The summed E-state index contributed by atoms with van der Waals surface area (Å²) >= 11 is 12.1. The second kappa shape index (κ2) is 9.69. The second-order valence-electron chi connectivity index (χ2n) is 8.88. The molecule has 1 heterocycles. The van der Waals surface area contributed by atoms with Crippen LogP contribution in [0.5, 0.6) is 0 Å². The summed E-state index contributed by atoms with van der Waals surface area (Å²) in [4.78, 5) is 31.4. The van der Waals surface area contributed by atoms with E-state index in [4.69, 9.17) is 28.9 Å². The highest BCUT2D eigenvalue weighted by atomic mass is 35.5. The molecule has 9 heteroatoms. The molecule has 3 N–H and O–H groups in total. The standard InChI is InChI=1S/C24H27Cl2FN4O2/c1-13(2)24(4)11-21(32)31(23(28)30-24)12-15-5-17(9-20(27)6-15)22(33)29-14(3)16-7-18(25)10-19(26)8-16/h5-10,13-14H,11-12H2,1-4H3,(H2,28,30)(H,29,33)/t14?,24-/m0/s1. The van der Waals surface area contributed by atoms with Crippen LogP contribution in [0.25, 0.3) is 0 Å². The van der Waals surface area contributed by atoms with Gasteiger partial charge < -0.3 is 11.1 Å². The predicted octanol–water partition coefficient (Wildman–Crippen LogP) is 5.09. The van der Waals surface area contributed by atoms with Crippen molar-refractivity contribution in [3.8, 4) is 0 Å². The van der Waals surface area contributed by atoms with Crippen LogP contribution in [0, 0.1) is 11.7 Å². The van der Waals surface area contributed by atoms with Crippen LogP contribution >= 0.6 is 23.2 Å². The summed E-state index contributed by atoms with van der Waals surface area (Å²) in [5, 5.41) is 3.71. The molecule has 2 aromatic carbocycles. The quantitative estimate of drug-likeness (QED) is 0.588. The number of halogens is 3. The molecule has 176 valence electrons. The summed E-state index contributed by atoms with van der Waals surface area (Å²) in [7, 11) is 0. The van der Waals surface area contributed by atoms with E-state index in [1.54, 1.807) is 25.1 Å². The van der Waals surface area contributed by atoms with Gasteiger partial charge in [0.2, 0.25) is 5.91 Å². The van der Waals surface area contributed by atoms with Gasteiger partial charge in [0.15, 0.2) is 5.96 Å². The molecule has 0 aliphatic carbocycles. The number of nitrogens with two attached hydrogens (primary N) is 1. The van der Waals surface area contributed by atoms with Crippen LogP contribution in [0.4, 0.5) is 4.39 Å². The van der Waals surface area contributed by atoms with Crippen molar-refractivity contribution in [3.63, 3.8) is 0 Å². The third kappa shape index (κ3) is 5.84. The van der Waals surface area contributed by atoms with Gasteiger partial charge in [-0.2, -0.15) is 0 Å². The van der Waals surface area contributed by atoms with Gasteiger partial charge >= 0.3 is 0 Å². The van der Waals surface area contributed by atoms with E-state index < -0.39 is 23.3 Å². The number of benzene rings is 2. The first-order chi connectivity index (χ1) is 15.4. The van der Waals surface area contributed by atoms with Crippen molar-refractivity contribution in [2.45, 2.75) is 52.2 Å². The number of nitrogens with zero attached hydrogens (tertiary/aromatic N) is 2. The van der Waals surface area contributed by atoms with Crippen molar-refractivity contribution in [1.29, 1.82) is 0 Å². The van der Waals surface area contributed by atoms with Crippen molar-refractivity contribution in [2.24, 2.45) is 16.6 Å². The highest BCUT2D eigenvalue weighted by Crippen LogP contribution is 2.30. The molecule has 6 nitrogen and oxygen atoms in total. The Hall–Kier alpha value is -2.64. The molecule has 1 aliphatic heterocycles. The van der Waals surface area contributed by atoms with Gasteiger partial charge in [-0.25, -0.2) is 9.38 Å². The number of hydrogen-bond donors (Lipinski definition) is 2. The average molecular weight is 493 g/mol. The van der Waals surface area contributed by atoms with Crippen LogP contribution in [0.3, 0.4) is 0 Å². The Bertz CT molecular complexity index is 1100. The third-order valence-corrected chi connectivity index (χ3v) is 6.43. The lowest BCUT2D eigenvalue weighted by Crippen LogP contribution is -2.51. The summed E-state index contributed by atoms with van der Waals surface area (Å²) in [6.45, 7) is 7.64. The van der Waals surface area contributed by atoms with Crippen LogP contribution in [-0.2, 0) is 11.3 Å². The fourth-order valence-corrected chi connectivity index (χ4v) is 4.18. The summed E-state index contributed by atoms with van der Waals surface area (Å²) in [6, 6.07) is 8.53. The van der Waals surface area contributed by atoms with Crippen molar-refractivity contribution in [1.82, 2.24) is 10.2 Å². The summed E-state index contributed by atoms with van der Waals surface area (Å²) in [6.07, 6.45) is 0.202. The lowest BCUT2D eigenvalue weighted by Gasteiger charge is -2.37. The molecular weight excluding hydrogens is 466 g/mol. The minimum absolute atomic E-state index is 0.0137. The Morgan fingerprint density at radius 1 is 1.18 bits per heavy atom. The maximum absolute atomic E-state index is 14.4. The summed E-state index contributed by atoms with van der Waals surface area (Å²) in [5.41, 5.74) is 6.77. The number of rotatable bonds is 6. The molecular formula is C24H27Cl2FN4O2. The van der Waals surface area contributed by atoms with E-state index in [-0.39, 0.29) is 36.3 Å². The molecule has 0 fully saturated rings. The van der Waals surface area contributed by atoms with Crippen LogP contribution in [-0.4, -0.2) is 28.2 Å². The lowest BCUT2D eigenvalue weighted by molar-refractivity contribution is -0.130. The molecule has 2 atom stereocenters. The maximum Gasteiger partial charge on any atom is 0.251 e. The zero-order valence-corrected chi connectivity index (χ0v) is 20.5. The first kappa shape index (κ1) is 25.0. The summed E-state index contributed by atoms with van der Waals surface area (Å²) in [5.74, 6) is -1.05. The number of carbonyl (C=O) groups is 2. The highest BCUT2D eigenvalue weighted by molar-refractivity contribution is 6.34. The Morgan fingerprint density at radius 2 is 1.82 bits per heavy atom. The van der Waals surface area contributed by atoms with Gasteiger partial charge in [-0.05, 0) is 67.3 Å². The molecule has 0 bridgehead atoms. The molecule has 2 aromatic rings. The predicted molar refractivity (Wildman–Crippen MR) is 129 cm³/mol. The normalized spacial score (nSPS) is 19.5. The average Bonchev–Trinajstić information content (AvgIpc) is 2.69. The molecule has 1 aliphatic rings. The fraction of sp³-hybridized carbons (Fsp3) is 0.375. The van der Waals surface area contributed by atoms with E-state index in [0.717, 1.165) is 6.07 Å². The minimum Gasteiger partial charge on any atom is -0.369 e. The van der Waals surface area contributed by atoms with Crippen molar-refractivity contribution in [2.75, 3.05) is 0 Å². The second-order valence-corrected chi connectivity index (χ2v) is 9.76. The van der Waals surface area contributed by atoms with Crippen molar-refractivity contribution in [3.05, 3.63) is 69.0 Å². The molecule has 0 saturated heterocycles. The number of hydrogen-bond acceptors (Lipinski definition) is 4. The number of amides is 2. The van der Waals surface area contributed by atoms with Crippen molar-refractivity contribution < 1.29 is 14.0 Å². The largest absolute Gasteiger partial charge is 0.369 e. The monoisotopic (exact) mass is 492 g/mol. The van der Waals surface area contributed by atoms with E-state index in [2.05, 4.69) is 10.3 Å². The van der Waals surface area contributed by atoms with E-state index in [1.807, 2.05) is 20.8 Å². The first-order valence-corrected chi connectivity index (χ1v) is 11.4. The number of guanidine groups is 1. The molecule has 1 unspecified atom stereocenters. The Kier molecular flexibility index (Phi) is 7.34. The van der Waals surface area contributed by atoms with E-state index in [1.165, 1.54) is 17.0 Å². The fourth-order valence-electron chi connectivity index (χ4n) is 3.64. The Morgan fingerprint density at radius 3 is 2.39 bits per heavy atom. The van der Waals surface area contributed by atoms with E-state index in [9.17, 15) is 14.0 Å². The molecule has 3 rings (SSSR count). The van der Waals surface area contributed by atoms with Gasteiger partial charge in [0.05, 0.1) is 24.5 Å². The van der Waals surface area contributed by atoms with Gasteiger partial charge in [0, 0.05) is 15.6 Å². The van der Waals surface area contributed by atoms with Crippen LogP contribution in [0.15, 0.2) is 41.4 Å². The first-order valence-electron chi connectivity index (χ1n) is 10.6. The van der Waals surface area contributed by atoms with Crippen LogP contribution in [0.2, 0.25) is 10.0 Å². The zero-order chi connectivity index (χ0) is 24.5. The SMILES string of the molecule is CC(NC(=O)c1cc(F)cc(CN2C(=O)C[C@@](C)(C(C)C)N=C2N)c1)c1cc(Cl)cc(Cl)c1. The molecule has 0 radical (unpaired) electrons. The number of nitrogens with one attached hydrogen (secondary N) is 1. The molecule has 2 amide bonds. The molecule has 0 aromatic heterocycles. The topological polar surface area (TPSA) is 87.8 Å². The van der Waals surface area contributed by atoms with Crippen molar-refractivity contribution >= 4 is 41.0 Å². The minimum atomic E-state index is -0.594. The summed E-state index contributed by atoms with van der Waals surface area (Å²) < 4.78 is 14.4. The van der Waals surface area contributed by atoms with Gasteiger partial charge in [0.1, 0.15) is 5.82 Å². The maximum atomic E-state index is 14.4. The van der Waals surface area contributed by atoms with E-state index in [0.29, 0.717) is 21.2 Å². The van der Waals surface area contributed by atoms with Gasteiger partial charge in [-0.3, -0.25) is 14.5 Å². The number of aliphatic imine (C=N–C) groups is 1.